The predicted molar refractivity (Wildman–Crippen MR) is 120 cm³/mol. The van der Waals surface area contributed by atoms with E-state index >= 15 is 0 Å². The predicted octanol–water partition coefficient (Wildman–Crippen LogP) is 4.20. The Labute approximate surface area is 180 Å². The number of aromatic nitrogens is 1. The number of thioether (sulfide) groups is 1. The Bertz CT molecular complexity index is 934. The van der Waals surface area contributed by atoms with Gasteiger partial charge < -0.3 is 16.0 Å². The van der Waals surface area contributed by atoms with Crippen LogP contribution >= 0.6 is 11.8 Å². The quantitative estimate of drug-likeness (QED) is 0.453. The minimum atomic E-state index is -0.290. The molecule has 3 N–H and O–H groups in total. The number of anilines is 1. The second-order valence-electron chi connectivity index (χ2n) is 6.57. The number of hydrogen-bond acceptors (Lipinski definition) is 4. The molecule has 2 aromatic carbocycles. The van der Waals surface area contributed by atoms with E-state index in [-0.39, 0.29) is 24.9 Å². The van der Waals surface area contributed by atoms with Crippen LogP contribution in [0.4, 0.5) is 10.5 Å². The van der Waals surface area contributed by atoms with Gasteiger partial charge in [-0.15, -0.1) is 11.8 Å². The Balaban J connectivity index is 1.33. The van der Waals surface area contributed by atoms with Crippen molar-refractivity contribution in [2.75, 3.05) is 11.9 Å². The number of rotatable bonds is 9. The molecule has 0 radical (unpaired) electrons. The maximum absolute atomic E-state index is 12.1. The molecule has 7 heteroatoms. The van der Waals surface area contributed by atoms with E-state index in [1.165, 1.54) is 5.56 Å². The first-order chi connectivity index (χ1) is 14.7. The van der Waals surface area contributed by atoms with Crippen LogP contribution in [0, 0.1) is 0 Å². The molecular formula is C23H24N4O2S. The van der Waals surface area contributed by atoms with Crippen LogP contribution in [0.2, 0.25) is 0 Å². The Kier molecular flexibility index (Phi) is 8.29. The lowest BCUT2D eigenvalue weighted by Crippen LogP contribution is -2.36. The highest BCUT2D eigenvalue weighted by atomic mass is 32.2. The minimum Gasteiger partial charge on any atom is -0.338 e. The van der Waals surface area contributed by atoms with Gasteiger partial charge in [-0.1, -0.05) is 36.4 Å². The summed E-state index contributed by atoms with van der Waals surface area (Å²) in [7, 11) is 0. The number of benzene rings is 2. The minimum absolute atomic E-state index is 0.144. The highest BCUT2D eigenvalue weighted by molar-refractivity contribution is 7.98. The summed E-state index contributed by atoms with van der Waals surface area (Å²) in [5.41, 5.74) is 2.92. The van der Waals surface area contributed by atoms with Gasteiger partial charge in [0.25, 0.3) is 0 Å². The molecule has 154 valence electrons. The van der Waals surface area contributed by atoms with Gasteiger partial charge in [-0.3, -0.25) is 9.78 Å². The van der Waals surface area contributed by atoms with Crippen LogP contribution in [0.15, 0.2) is 84.0 Å². The molecule has 1 heterocycles. The van der Waals surface area contributed by atoms with Gasteiger partial charge >= 0.3 is 6.03 Å². The summed E-state index contributed by atoms with van der Waals surface area (Å²) in [5.74, 6) is 0.700. The highest BCUT2D eigenvalue weighted by Gasteiger charge is 2.05. The Hall–Kier alpha value is -3.32. The zero-order valence-electron chi connectivity index (χ0n) is 16.5. The maximum atomic E-state index is 12.1. The lowest BCUT2D eigenvalue weighted by Gasteiger charge is -2.09. The summed E-state index contributed by atoms with van der Waals surface area (Å²) in [6, 6.07) is 21.0. The second kappa shape index (κ2) is 11.6. The van der Waals surface area contributed by atoms with Crippen molar-refractivity contribution in [2.24, 2.45) is 0 Å². The van der Waals surface area contributed by atoms with Crippen LogP contribution in [0.5, 0.6) is 0 Å². The van der Waals surface area contributed by atoms with Gasteiger partial charge in [0.15, 0.2) is 0 Å². The van der Waals surface area contributed by atoms with Crippen molar-refractivity contribution in [3.8, 4) is 0 Å². The van der Waals surface area contributed by atoms with Gasteiger partial charge in [0.2, 0.25) is 5.91 Å². The molecule has 0 saturated carbocycles. The standard InChI is InChI=1S/C23H24N4O2S/c28-22(12-14-25-23(29)26-16-18-5-2-1-3-6-18)27-20-8-10-21(11-9-20)30-17-19-7-4-13-24-15-19/h1-11,13,15H,12,14,16-17H2,(H,27,28)(H2,25,26,29). The molecule has 30 heavy (non-hydrogen) atoms. The fourth-order valence-electron chi connectivity index (χ4n) is 2.64. The molecule has 0 spiro atoms. The van der Waals surface area contributed by atoms with Crippen LogP contribution in [0.1, 0.15) is 17.5 Å². The molecule has 3 amide bonds. The average molecular weight is 421 g/mol. The van der Waals surface area contributed by atoms with Crippen molar-refractivity contribution in [1.82, 2.24) is 15.6 Å². The molecule has 0 aliphatic heterocycles. The summed E-state index contributed by atoms with van der Waals surface area (Å²) >= 11 is 1.71. The van der Waals surface area contributed by atoms with E-state index in [9.17, 15) is 9.59 Å². The average Bonchev–Trinajstić information content (AvgIpc) is 2.79. The van der Waals surface area contributed by atoms with Crippen molar-refractivity contribution in [1.29, 1.82) is 0 Å². The van der Waals surface area contributed by atoms with E-state index in [0.717, 1.165) is 21.9 Å². The van der Waals surface area contributed by atoms with Crippen LogP contribution < -0.4 is 16.0 Å². The van der Waals surface area contributed by atoms with Gasteiger partial charge in [0, 0.05) is 48.2 Å². The van der Waals surface area contributed by atoms with Crippen molar-refractivity contribution in [2.45, 2.75) is 23.6 Å². The van der Waals surface area contributed by atoms with Crippen LogP contribution in [-0.2, 0) is 17.1 Å². The molecular weight excluding hydrogens is 396 g/mol. The first kappa shape index (κ1) is 21.4. The number of urea groups is 1. The number of hydrogen-bond donors (Lipinski definition) is 3. The third kappa shape index (κ3) is 7.60. The lowest BCUT2D eigenvalue weighted by atomic mass is 10.2. The largest absolute Gasteiger partial charge is 0.338 e. The number of nitrogens with zero attached hydrogens (tertiary/aromatic N) is 1. The van der Waals surface area contributed by atoms with Crippen LogP contribution in [0.3, 0.4) is 0 Å². The molecule has 0 unspecified atom stereocenters. The third-order valence-corrected chi connectivity index (χ3v) is 5.28. The Morgan fingerprint density at radius 2 is 1.63 bits per heavy atom. The Morgan fingerprint density at radius 3 is 2.37 bits per heavy atom. The zero-order valence-corrected chi connectivity index (χ0v) is 17.3. The van der Waals surface area contributed by atoms with Gasteiger partial charge in [-0.2, -0.15) is 0 Å². The number of carbonyl (C=O) groups is 2. The number of amides is 3. The SMILES string of the molecule is O=C(CCNC(=O)NCc1ccccc1)Nc1ccc(SCc2cccnc2)cc1. The highest BCUT2D eigenvalue weighted by Crippen LogP contribution is 2.23. The molecule has 0 aliphatic rings. The molecule has 0 aliphatic carbocycles. The van der Waals surface area contributed by atoms with Crippen molar-refractivity contribution in [3.63, 3.8) is 0 Å². The summed E-state index contributed by atoms with van der Waals surface area (Å²) in [6.45, 7) is 0.718. The summed E-state index contributed by atoms with van der Waals surface area (Å²) in [6.07, 6.45) is 3.83. The topological polar surface area (TPSA) is 83.1 Å². The van der Waals surface area contributed by atoms with Gasteiger partial charge in [0.1, 0.15) is 0 Å². The number of pyridine rings is 1. The molecule has 3 rings (SSSR count). The Morgan fingerprint density at radius 1 is 0.867 bits per heavy atom. The smallest absolute Gasteiger partial charge is 0.315 e. The molecule has 6 nitrogen and oxygen atoms in total. The van der Waals surface area contributed by atoms with E-state index in [4.69, 9.17) is 0 Å². The molecule has 0 saturated heterocycles. The van der Waals surface area contributed by atoms with Crippen LogP contribution in [0.25, 0.3) is 0 Å². The molecule has 0 bridgehead atoms. The molecule has 1 aromatic heterocycles. The summed E-state index contributed by atoms with van der Waals surface area (Å²) in [4.78, 5) is 29.1. The fourth-order valence-corrected chi connectivity index (χ4v) is 3.47. The molecule has 3 aromatic rings. The van der Waals surface area contributed by atoms with Crippen LogP contribution in [-0.4, -0.2) is 23.5 Å². The molecule has 0 atom stereocenters. The van der Waals surface area contributed by atoms with E-state index in [1.807, 2.05) is 72.9 Å². The third-order valence-electron chi connectivity index (χ3n) is 4.20. The van der Waals surface area contributed by atoms with E-state index in [0.29, 0.717) is 6.54 Å². The van der Waals surface area contributed by atoms with Crippen molar-refractivity contribution < 1.29 is 9.59 Å². The first-order valence-electron chi connectivity index (χ1n) is 9.66. The van der Waals surface area contributed by atoms with Crippen molar-refractivity contribution in [3.05, 3.63) is 90.3 Å². The lowest BCUT2D eigenvalue weighted by molar-refractivity contribution is -0.116. The van der Waals surface area contributed by atoms with E-state index in [2.05, 4.69) is 20.9 Å². The monoisotopic (exact) mass is 420 g/mol. The summed E-state index contributed by atoms with van der Waals surface area (Å²) < 4.78 is 0. The van der Waals surface area contributed by atoms with Gasteiger partial charge in [0.05, 0.1) is 0 Å². The van der Waals surface area contributed by atoms with Crippen molar-refractivity contribution >= 4 is 29.4 Å². The van der Waals surface area contributed by atoms with Gasteiger partial charge in [-0.05, 0) is 41.5 Å². The first-order valence-corrected chi connectivity index (χ1v) is 10.6. The second-order valence-corrected chi connectivity index (χ2v) is 7.62. The fraction of sp³-hybridized carbons (Fsp3) is 0.174. The summed E-state index contributed by atoms with van der Waals surface area (Å²) in [5, 5.41) is 8.30. The number of carbonyl (C=O) groups excluding carboxylic acids is 2. The maximum Gasteiger partial charge on any atom is 0.315 e. The number of nitrogens with one attached hydrogen (secondary N) is 3. The molecule has 0 fully saturated rings. The normalized spacial score (nSPS) is 10.3. The van der Waals surface area contributed by atoms with Gasteiger partial charge in [-0.25, -0.2) is 4.79 Å². The van der Waals surface area contributed by atoms with E-state index < -0.39 is 0 Å². The van der Waals surface area contributed by atoms with E-state index in [1.54, 1.807) is 18.0 Å². The zero-order chi connectivity index (χ0) is 21.0.